The highest BCUT2D eigenvalue weighted by Crippen LogP contribution is 2.33. The second kappa shape index (κ2) is 6.31. The van der Waals surface area contributed by atoms with E-state index in [1.54, 1.807) is 0 Å². The van der Waals surface area contributed by atoms with Crippen molar-refractivity contribution in [1.82, 2.24) is 0 Å². The summed E-state index contributed by atoms with van der Waals surface area (Å²) in [6.45, 7) is 1.51. The van der Waals surface area contributed by atoms with E-state index in [0.717, 1.165) is 6.07 Å². The maximum atomic E-state index is 13.7. The van der Waals surface area contributed by atoms with Gasteiger partial charge < -0.3 is 10.5 Å². The number of esters is 1. The molecule has 0 aromatic heterocycles. The van der Waals surface area contributed by atoms with Crippen LogP contribution in [0.15, 0.2) is 12.1 Å². The Hall–Kier alpha value is -0.910. The van der Waals surface area contributed by atoms with Gasteiger partial charge in [-0.25, -0.2) is 13.6 Å². The molecule has 1 unspecified atom stereocenters. The van der Waals surface area contributed by atoms with Crippen LogP contribution in [0.1, 0.15) is 18.5 Å². The SMILES string of the molecule is CCOC(=O)C(F)[C@H](N)c1c(F)ccc(Cl)c1Cl. The van der Waals surface area contributed by atoms with Crippen molar-refractivity contribution in [2.24, 2.45) is 5.73 Å². The normalized spacial score (nSPS) is 14.1. The van der Waals surface area contributed by atoms with Crippen molar-refractivity contribution in [1.29, 1.82) is 0 Å². The third kappa shape index (κ3) is 3.10. The molecule has 0 saturated heterocycles. The maximum absolute atomic E-state index is 13.7. The van der Waals surface area contributed by atoms with Gasteiger partial charge in [-0.15, -0.1) is 0 Å². The molecule has 0 bridgehead atoms. The van der Waals surface area contributed by atoms with Crippen LogP contribution in [0.2, 0.25) is 10.0 Å². The van der Waals surface area contributed by atoms with Gasteiger partial charge in [-0.2, -0.15) is 0 Å². The molecule has 0 fully saturated rings. The monoisotopic (exact) mass is 297 g/mol. The Labute approximate surface area is 113 Å². The number of hydrogen-bond acceptors (Lipinski definition) is 3. The molecule has 0 amide bonds. The standard InChI is InChI=1S/C11H11Cl2F2NO2/c1-2-18-11(17)9(15)10(16)7-6(14)4-3-5(12)8(7)13/h3-4,9-10H,2,16H2,1H3/t9?,10-/m1/s1. The van der Waals surface area contributed by atoms with E-state index in [-0.39, 0.29) is 22.2 Å². The number of rotatable bonds is 4. The predicted octanol–water partition coefficient (Wildman–Crippen LogP) is 3.03. The first-order chi connectivity index (χ1) is 8.40. The molecule has 0 radical (unpaired) electrons. The number of halogens is 4. The number of hydrogen-bond donors (Lipinski definition) is 1. The smallest absolute Gasteiger partial charge is 0.342 e. The summed E-state index contributed by atoms with van der Waals surface area (Å²) < 4.78 is 31.7. The number of benzene rings is 1. The quantitative estimate of drug-likeness (QED) is 0.686. The Kier molecular flexibility index (Phi) is 5.31. The van der Waals surface area contributed by atoms with E-state index in [2.05, 4.69) is 4.74 Å². The molecule has 0 aliphatic carbocycles. The van der Waals surface area contributed by atoms with Crippen molar-refractivity contribution in [3.63, 3.8) is 0 Å². The van der Waals surface area contributed by atoms with Crippen LogP contribution in [0.25, 0.3) is 0 Å². The van der Waals surface area contributed by atoms with Crippen LogP contribution in [-0.4, -0.2) is 18.7 Å². The summed E-state index contributed by atoms with van der Waals surface area (Å²) in [6.07, 6.45) is -2.21. The van der Waals surface area contributed by atoms with Gasteiger partial charge in [0.1, 0.15) is 5.82 Å². The van der Waals surface area contributed by atoms with Crippen LogP contribution < -0.4 is 5.73 Å². The molecule has 3 nitrogen and oxygen atoms in total. The molecule has 7 heteroatoms. The third-order valence-electron chi connectivity index (χ3n) is 2.24. The summed E-state index contributed by atoms with van der Waals surface area (Å²) in [7, 11) is 0. The molecule has 0 saturated carbocycles. The zero-order valence-electron chi connectivity index (χ0n) is 9.42. The zero-order valence-corrected chi connectivity index (χ0v) is 10.9. The summed E-state index contributed by atoms with van der Waals surface area (Å²) in [4.78, 5) is 11.2. The van der Waals surface area contributed by atoms with Crippen molar-refractivity contribution in [2.45, 2.75) is 19.1 Å². The zero-order chi connectivity index (χ0) is 13.9. The Morgan fingerprint density at radius 1 is 1.50 bits per heavy atom. The second-order valence-corrected chi connectivity index (χ2v) is 4.22. The first-order valence-corrected chi connectivity index (χ1v) is 5.85. The van der Waals surface area contributed by atoms with E-state index < -0.39 is 24.0 Å². The summed E-state index contributed by atoms with van der Waals surface area (Å²) in [5.41, 5.74) is 5.14. The van der Waals surface area contributed by atoms with Gasteiger partial charge in [0, 0.05) is 5.56 Å². The highest BCUT2D eigenvalue weighted by atomic mass is 35.5. The van der Waals surface area contributed by atoms with E-state index in [9.17, 15) is 13.6 Å². The minimum atomic E-state index is -2.21. The highest BCUT2D eigenvalue weighted by molar-refractivity contribution is 6.42. The fourth-order valence-electron chi connectivity index (χ4n) is 1.36. The van der Waals surface area contributed by atoms with Gasteiger partial charge in [-0.05, 0) is 19.1 Å². The average Bonchev–Trinajstić information content (AvgIpc) is 2.33. The van der Waals surface area contributed by atoms with Crippen LogP contribution in [0.5, 0.6) is 0 Å². The molecule has 1 aromatic carbocycles. The maximum Gasteiger partial charge on any atom is 0.342 e. The molecular formula is C11H11Cl2F2NO2. The van der Waals surface area contributed by atoms with Crippen molar-refractivity contribution in [3.8, 4) is 0 Å². The number of nitrogens with two attached hydrogens (primary N) is 1. The highest BCUT2D eigenvalue weighted by Gasteiger charge is 2.31. The van der Waals surface area contributed by atoms with Gasteiger partial charge in [0.05, 0.1) is 22.7 Å². The Morgan fingerprint density at radius 2 is 2.11 bits per heavy atom. The molecule has 0 heterocycles. The molecule has 1 aromatic rings. The lowest BCUT2D eigenvalue weighted by atomic mass is 10.0. The lowest BCUT2D eigenvalue weighted by Crippen LogP contribution is -2.32. The van der Waals surface area contributed by atoms with Crippen molar-refractivity contribution in [2.75, 3.05) is 6.61 Å². The molecule has 2 atom stereocenters. The Balaban J connectivity index is 3.07. The van der Waals surface area contributed by atoms with Crippen LogP contribution in [0.3, 0.4) is 0 Å². The largest absolute Gasteiger partial charge is 0.464 e. The van der Waals surface area contributed by atoms with Crippen LogP contribution in [-0.2, 0) is 9.53 Å². The average molecular weight is 298 g/mol. The van der Waals surface area contributed by atoms with Gasteiger partial charge in [-0.1, -0.05) is 23.2 Å². The predicted molar refractivity (Wildman–Crippen MR) is 64.9 cm³/mol. The van der Waals surface area contributed by atoms with Gasteiger partial charge in [0.2, 0.25) is 6.17 Å². The molecule has 100 valence electrons. The van der Waals surface area contributed by atoms with E-state index in [1.807, 2.05) is 0 Å². The summed E-state index contributed by atoms with van der Waals surface area (Å²) >= 11 is 11.4. The van der Waals surface area contributed by atoms with E-state index in [4.69, 9.17) is 28.9 Å². The summed E-state index contributed by atoms with van der Waals surface area (Å²) in [5.74, 6) is -2.00. The Morgan fingerprint density at radius 3 is 2.67 bits per heavy atom. The summed E-state index contributed by atoms with van der Waals surface area (Å²) in [5, 5.41) is -0.185. The minimum absolute atomic E-state index is 0.00225. The van der Waals surface area contributed by atoms with Gasteiger partial charge in [0.15, 0.2) is 0 Å². The minimum Gasteiger partial charge on any atom is -0.464 e. The van der Waals surface area contributed by atoms with Crippen molar-refractivity contribution in [3.05, 3.63) is 33.6 Å². The van der Waals surface area contributed by atoms with Crippen LogP contribution in [0, 0.1) is 5.82 Å². The fourth-order valence-corrected chi connectivity index (χ4v) is 1.81. The van der Waals surface area contributed by atoms with Crippen molar-refractivity contribution >= 4 is 29.2 Å². The van der Waals surface area contributed by atoms with Crippen LogP contribution >= 0.6 is 23.2 Å². The fraction of sp³-hybridized carbons (Fsp3) is 0.364. The molecule has 0 aliphatic rings. The molecule has 2 N–H and O–H groups in total. The van der Waals surface area contributed by atoms with Gasteiger partial charge in [-0.3, -0.25) is 0 Å². The number of ether oxygens (including phenoxy) is 1. The Bertz CT molecular complexity index is 457. The van der Waals surface area contributed by atoms with Crippen molar-refractivity contribution < 1.29 is 18.3 Å². The molecule has 0 spiro atoms. The molecule has 1 rings (SSSR count). The number of carbonyl (C=O) groups excluding carboxylic acids is 1. The van der Waals surface area contributed by atoms with E-state index in [0.29, 0.717) is 0 Å². The number of carbonyl (C=O) groups is 1. The third-order valence-corrected chi connectivity index (χ3v) is 3.06. The topological polar surface area (TPSA) is 52.3 Å². The molecule has 18 heavy (non-hydrogen) atoms. The lowest BCUT2D eigenvalue weighted by molar-refractivity contribution is -0.149. The van der Waals surface area contributed by atoms with Gasteiger partial charge in [0.25, 0.3) is 0 Å². The van der Waals surface area contributed by atoms with Crippen LogP contribution in [0.4, 0.5) is 8.78 Å². The number of alkyl halides is 1. The first-order valence-electron chi connectivity index (χ1n) is 5.09. The lowest BCUT2D eigenvalue weighted by Gasteiger charge is -2.18. The first kappa shape index (κ1) is 15.1. The van der Waals surface area contributed by atoms with E-state index in [1.165, 1.54) is 13.0 Å². The molecule has 0 aliphatic heterocycles. The summed E-state index contributed by atoms with van der Waals surface area (Å²) in [6, 6.07) is 0.643. The second-order valence-electron chi connectivity index (χ2n) is 3.44. The molecular weight excluding hydrogens is 287 g/mol. The van der Waals surface area contributed by atoms with E-state index >= 15 is 0 Å². The van der Waals surface area contributed by atoms with Gasteiger partial charge >= 0.3 is 5.97 Å².